The number of hydrogen-bond donors (Lipinski definition) is 2. The zero-order chi connectivity index (χ0) is 11.5. The molecule has 0 bridgehead atoms. The third-order valence-electron chi connectivity index (χ3n) is 2.19. The number of aliphatic hydroxyl groups excluding tert-OH is 1. The Kier molecular flexibility index (Phi) is 3.22. The van der Waals surface area contributed by atoms with Crippen molar-refractivity contribution in [1.82, 2.24) is 9.97 Å². The van der Waals surface area contributed by atoms with Gasteiger partial charge in [-0.15, -0.1) is 0 Å². The van der Waals surface area contributed by atoms with Crippen molar-refractivity contribution in [1.29, 1.82) is 0 Å². The Bertz CT molecular complexity index is 498. The minimum Gasteiger partial charge on any atom is -0.396 e. The van der Waals surface area contributed by atoms with Gasteiger partial charge in [-0.05, 0) is 12.1 Å². The summed E-state index contributed by atoms with van der Waals surface area (Å²) in [6.45, 7) is -0.00942. The van der Waals surface area contributed by atoms with Gasteiger partial charge < -0.3 is 10.1 Å². The molecular weight excluding hydrogens is 231 g/mol. The largest absolute Gasteiger partial charge is 0.396 e. The zero-order valence-electron chi connectivity index (χ0n) is 8.37. The standard InChI is InChI=1S/C11H10ClFN2O/c12-10-9(4-5-16)14-11(15-10)7-2-1-3-8(13)6-7/h1-3,6,16H,4-5H2,(H,14,15). The fraction of sp³-hybridized carbons (Fsp3) is 0.182. The first-order valence-corrected chi connectivity index (χ1v) is 5.19. The summed E-state index contributed by atoms with van der Waals surface area (Å²) in [5.41, 5.74) is 1.29. The molecule has 16 heavy (non-hydrogen) atoms. The molecular formula is C11H10ClFN2O. The average molecular weight is 241 g/mol. The van der Waals surface area contributed by atoms with E-state index in [-0.39, 0.29) is 12.4 Å². The molecule has 0 aliphatic rings. The lowest BCUT2D eigenvalue weighted by atomic mass is 10.2. The Labute approximate surface area is 96.9 Å². The Balaban J connectivity index is 2.37. The van der Waals surface area contributed by atoms with Gasteiger partial charge in [-0.2, -0.15) is 0 Å². The Hall–Kier alpha value is -1.39. The van der Waals surface area contributed by atoms with E-state index >= 15 is 0 Å². The Morgan fingerprint density at radius 3 is 2.94 bits per heavy atom. The van der Waals surface area contributed by atoms with Gasteiger partial charge >= 0.3 is 0 Å². The van der Waals surface area contributed by atoms with Crippen molar-refractivity contribution in [2.24, 2.45) is 0 Å². The summed E-state index contributed by atoms with van der Waals surface area (Å²) in [6, 6.07) is 6.08. The van der Waals surface area contributed by atoms with Crippen molar-refractivity contribution in [3.8, 4) is 11.4 Å². The van der Waals surface area contributed by atoms with Gasteiger partial charge in [0.15, 0.2) is 5.15 Å². The summed E-state index contributed by atoms with van der Waals surface area (Å²) in [6.07, 6.45) is 0.404. The predicted molar refractivity (Wildman–Crippen MR) is 59.8 cm³/mol. The van der Waals surface area contributed by atoms with Crippen molar-refractivity contribution in [3.63, 3.8) is 0 Å². The number of benzene rings is 1. The van der Waals surface area contributed by atoms with Crippen LogP contribution in [0.5, 0.6) is 0 Å². The van der Waals surface area contributed by atoms with Gasteiger partial charge in [-0.25, -0.2) is 9.37 Å². The molecule has 5 heteroatoms. The van der Waals surface area contributed by atoms with Gasteiger partial charge in [0.2, 0.25) is 0 Å². The molecule has 0 saturated heterocycles. The van der Waals surface area contributed by atoms with Crippen LogP contribution in [0.3, 0.4) is 0 Å². The molecule has 0 aliphatic heterocycles. The highest BCUT2D eigenvalue weighted by molar-refractivity contribution is 6.30. The first-order valence-electron chi connectivity index (χ1n) is 4.82. The van der Waals surface area contributed by atoms with Crippen molar-refractivity contribution < 1.29 is 9.50 Å². The second-order valence-electron chi connectivity index (χ2n) is 3.34. The number of hydrogen-bond acceptors (Lipinski definition) is 2. The summed E-state index contributed by atoms with van der Waals surface area (Å²) in [7, 11) is 0. The number of halogens is 2. The first kappa shape index (κ1) is 11.1. The number of aromatic amines is 1. The summed E-state index contributed by atoms with van der Waals surface area (Å²) in [5.74, 6) is 0.182. The van der Waals surface area contributed by atoms with E-state index in [2.05, 4.69) is 9.97 Å². The molecule has 2 N–H and O–H groups in total. The van der Waals surface area contributed by atoms with Crippen LogP contribution in [0.25, 0.3) is 11.4 Å². The van der Waals surface area contributed by atoms with Gasteiger partial charge in [0.25, 0.3) is 0 Å². The van der Waals surface area contributed by atoms with Crippen LogP contribution < -0.4 is 0 Å². The normalized spacial score (nSPS) is 10.7. The second-order valence-corrected chi connectivity index (χ2v) is 3.70. The quantitative estimate of drug-likeness (QED) is 0.866. The smallest absolute Gasteiger partial charge is 0.150 e. The van der Waals surface area contributed by atoms with Gasteiger partial charge in [0.1, 0.15) is 11.6 Å². The Morgan fingerprint density at radius 2 is 2.25 bits per heavy atom. The third kappa shape index (κ3) is 2.23. The summed E-state index contributed by atoms with van der Waals surface area (Å²) < 4.78 is 13.0. The third-order valence-corrected chi connectivity index (χ3v) is 2.50. The lowest BCUT2D eigenvalue weighted by Gasteiger charge is -1.96. The van der Waals surface area contributed by atoms with Crippen LogP contribution in [0.4, 0.5) is 4.39 Å². The van der Waals surface area contributed by atoms with Crippen LogP contribution in [0, 0.1) is 5.82 Å². The lowest BCUT2D eigenvalue weighted by Crippen LogP contribution is -1.91. The molecule has 3 nitrogen and oxygen atoms in total. The highest BCUT2D eigenvalue weighted by Gasteiger charge is 2.09. The SMILES string of the molecule is OCCc1[nH]c(-c2cccc(F)c2)nc1Cl. The van der Waals surface area contributed by atoms with E-state index in [9.17, 15) is 4.39 Å². The number of imidazole rings is 1. The van der Waals surface area contributed by atoms with E-state index in [4.69, 9.17) is 16.7 Å². The van der Waals surface area contributed by atoms with Gasteiger partial charge in [0, 0.05) is 18.6 Å². The highest BCUT2D eigenvalue weighted by Crippen LogP contribution is 2.22. The molecule has 0 unspecified atom stereocenters. The predicted octanol–water partition coefficient (Wildman–Crippen LogP) is 2.40. The minimum absolute atomic E-state index is 0.00942. The molecule has 1 aromatic carbocycles. The number of nitrogens with zero attached hydrogens (tertiary/aromatic N) is 1. The highest BCUT2D eigenvalue weighted by atomic mass is 35.5. The average Bonchev–Trinajstić information content (AvgIpc) is 2.61. The molecule has 0 saturated carbocycles. The summed E-state index contributed by atoms with van der Waals surface area (Å²) >= 11 is 5.87. The maximum absolute atomic E-state index is 13.0. The fourth-order valence-electron chi connectivity index (χ4n) is 1.44. The first-order chi connectivity index (χ1) is 7.70. The summed E-state index contributed by atoms with van der Waals surface area (Å²) in [4.78, 5) is 7.03. The van der Waals surface area contributed by atoms with Gasteiger partial charge in [-0.1, -0.05) is 23.7 Å². The van der Waals surface area contributed by atoms with E-state index < -0.39 is 0 Å². The molecule has 0 aliphatic carbocycles. The molecule has 0 amide bonds. The van der Waals surface area contributed by atoms with Crippen molar-refractivity contribution in [2.75, 3.05) is 6.61 Å². The van der Waals surface area contributed by atoms with E-state index in [1.165, 1.54) is 12.1 Å². The molecule has 0 atom stereocenters. The molecule has 2 rings (SSSR count). The van der Waals surface area contributed by atoms with Crippen LogP contribution in [-0.2, 0) is 6.42 Å². The second kappa shape index (κ2) is 4.63. The number of H-pyrrole nitrogens is 1. The van der Waals surface area contributed by atoms with Crippen molar-refractivity contribution >= 4 is 11.6 Å². The van der Waals surface area contributed by atoms with Crippen LogP contribution >= 0.6 is 11.6 Å². The fourth-order valence-corrected chi connectivity index (χ4v) is 1.66. The maximum Gasteiger partial charge on any atom is 0.150 e. The molecule has 0 radical (unpaired) electrons. The van der Waals surface area contributed by atoms with E-state index in [0.29, 0.717) is 28.7 Å². The van der Waals surface area contributed by atoms with E-state index in [1.807, 2.05) is 0 Å². The van der Waals surface area contributed by atoms with Gasteiger partial charge in [0.05, 0.1) is 5.69 Å². The van der Waals surface area contributed by atoms with Crippen LogP contribution in [0.1, 0.15) is 5.69 Å². The molecule has 84 valence electrons. The van der Waals surface area contributed by atoms with Crippen LogP contribution in [0.2, 0.25) is 5.15 Å². The molecule has 0 spiro atoms. The lowest BCUT2D eigenvalue weighted by molar-refractivity contribution is 0.298. The number of aliphatic hydroxyl groups is 1. The summed E-state index contributed by atoms with van der Waals surface area (Å²) in [5, 5.41) is 9.11. The monoisotopic (exact) mass is 240 g/mol. The number of rotatable bonds is 3. The Morgan fingerprint density at radius 1 is 1.44 bits per heavy atom. The van der Waals surface area contributed by atoms with Crippen molar-refractivity contribution in [3.05, 3.63) is 40.9 Å². The van der Waals surface area contributed by atoms with Crippen LogP contribution in [-0.4, -0.2) is 21.7 Å². The molecule has 0 fully saturated rings. The molecule has 1 heterocycles. The van der Waals surface area contributed by atoms with Crippen molar-refractivity contribution in [2.45, 2.75) is 6.42 Å². The zero-order valence-corrected chi connectivity index (χ0v) is 9.13. The van der Waals surface area contributed by atoms with Gasteiger partial charge in [-0.3, -0.25) is 0 Å². The maximum atomic E-state index is 13.0. The van der Waals surface area contributed by atoms with E-state index in [1.54, 1.807) is 12.1 Å². The number of aromatic nitrogens is 2. The van der Waals surface area contributed by atoms with E-state index in [0.717, 1.165) is 0 Å². The molecule has 2 aromatic rings. The number of nitrogens with one attached hydrogen (secondary N) is 1. The molecule has 1 aromatic heterocycles. The topological polar surface area (TPSA) is 48.9 Å². The minimum atomic E-state index is -0.325. The van der Waals surface area contributed by atoms with Crippen LogP contribution in [0.15, 0.2) is 24.3 Å².